The lowest BCUT2D eigenvalue weighted by molar-refractivity contribution is 0.224. The Morgan fingerprint density at radius 1 is 1.27 bits per heavy atom. The summed E-state index contributed by atoms with van der Waals surface area (Å²) in [5.41, 5.74) is 6.06. The molecule has 0 saturated heterocycles. The van der Waals surface area contributed by atoms with Gasteiger partial charge in [-0.3, -0.25) is 0 Å². The van der Waals surface area contributed by atoms with E-state index in [4.69, 9.17) is 5.73 Å². The molecule has 0 aromatic heterocycles. The monoisotopic (exact) mass is 212 g/mol. The summed E-state index contributed by atoms with van der Waals surface area (Å²) in [6.07, 6.45) is 6.40. The summed E-state index contributed by atoms with van der Waals surface area (Å²) in [5, 5.41) is 0. The zero-order valence-corrected chi connectivity index (χ0v) is 10.7. The molecule has 1 atom stereocenters. The summed E-state index contributed by atoms with van der Waals surface area (Å²) in [4.78, 5) is 2.65. The Balaban J connectivity index is 2.19. The number of hydrogen-bond acceptors (Lipinski definition) is 2. The standard InChI is InChI=1S/C13H28N2/c1-4-5-12(14)8-9-15(10-11(2)3)13-6-7-13/h11-13H,4-10,14H2,1-3H3. The first-order chi connectivity index (χ1) is 7.13. The topological polar surface area (TPSA) is 29.3 Å². The number of rotatable bonds is 8. The molecule has 2 nitrogen and oxygen atoms in total. The van der Waals surface area contributed by atoms with Crippen LogP contribution in [0.2, 0.25) is 0 Å². The smallest absolute Gasteiger partial charge is 0.00965 e. The van der Waals surface area contributed by atoms with Gasteiger partial charge in [-0.1, -0.05) is 27.2 Å². The number of nitrogens with zero attached hydrogens (tertiary/aromatic N) is 1. The molecule has 0 radical (unpaired) electrons. The van der Waals surface area contributed by atoms with Gasteiger partial charge in [0, 0.05) is 18.6 Å². The number of nitrogens with two attached hydrogens (primary N) is 1. The predicted octanol–water partition coefficient (Wildman–Crippen LogP) is 2.62. The Labute approximate surface area is 95.2 Å². The molecule has 0 aromatic rings. The third kappa shape index (κ3) is 5.53. The van der Waals surface area contributed by atoms with E-state index < -0.39 is 0 Å². The van der Waals surface area contributed by atoms with E-state index in [2.05, 4.69) is 25.7 Å². The van der Waals surface area contributed by atoms with Crippen molar-refractivity contribution in [3.05, 3.63) is 0 Å². The van der Waals surface area contributed by atoms with Crippen molar-refractivity contribution in [1.29, 1.82) is 0 Å². The van der Waals surface area contributed by atoms with Crippen LogP contribution in [-0.2, 0) is 0 Å². The van der Waals surface area contributed by atoms with E-state index >= 15 is 0 Å². The SMILES string of the molecule is CCCC(N)CCN(CC(C)C)C1CC1. The van der Waals surface area contributed by atoms with Gasteiger partial charge in [0.05, 0.1) is 0 Å². The van der Waals surface area contributed by atoms with Crippen molar-refractivity contribution in [2.75, 3.05) is 13.1 Å². The molecule has 0 amide bonds. The van der Waals surface area contributed by atoms with Crippen LogP contribution in [0.3, 0.4) is 0 Å². The fraction of sp³-hybridized carbons (Fsp3) is 1.00. The minimum atomic E-state index is 0.420. The van der Waals surface area contributed by atoms with Crippen molar-refractivity contribution in [3.8, 4) is 0 Å². The molecule has 0 bridgehead atoms. The van der Waals surface area contributed by atoms with Crippen LogP contribution in [0.5, 0.6) is 0 Å². The third-order valence-electron chi connectivity index (χ3n) is 3.11. The predicted molar refractivity (Wildman–Crippen MR) is 66.9 cm³/mol. The minimum absolute atomic E-state index is 0.420. The highest BCUT2D eigenvalue weighted by Gasteiger charge is 2.28. The summed E-state index contributed by atoms with van der Waals surface area (Å²) in [6, 6.07) is 1.31. The van der Waals surface area contributed by atoms with Gasteiger partial charge in [0.1, 0.15) is 0 Å². The van der Waals surface area contributed by atoms with E-state index in [0.29, 0.717) is 6.04 Å². The van der Waals surface area contributed by atoms with Gasteiger partial charge in [-0.05, 0) is 38.1 Å². The maximum atomic E-state index is 6.06. The fourth-order valence-electron chi connectivity index (χ4n) is 2.18. The lowest BCUT2D eigenvalue weighted by atomic mass is 10.1. The average molecular weight is 212 g/mol. The van der Waals surface area contributed by atoms with E-state index in [1.807, 2.05) is 0 Å². The summed E-state index contributed by atoms with van der Waals surface area (Å²) in [6.45, 7) is 9.29. The molecule has 1 rings (SSSR count). The van der Waals surface area contributed by atoms with Crippen molar-refractivity contribution in [2.24, 2.45) is 11.7 Å². The van der Waals surface area contributed by atoms with Gasteiger partial charge >= 0.3 is 0 Å². The van der Waals surface area contributed by atoms with E-state index in [0.717, 1.165) is 12.0 Å². The molecule has 0 aromatic carbocycles. The second kappa shape index (κ2) is 6.49. The van der Waals surface area contributed by atoms with Crippen LogP contribution in [0.15, 0.2) is 0 Å². The Morgan fingerprint density at radius 3 is 2.40 bits per heavy atom. The normalized spacial score (nSPS) is 18.8. The molecular formula is C13H28N2. The highest BCUT2D eigenvalue weighted by atomic mass is 15.2. The van der Waals surface area contributed by atoms with Gasteiger partial charge in [-0.25, -0.2) is 0 Å². The van der Waals surface area contributed by atoms with Crippen molar-refractivity contribution in [2.45, 2.75) is 65.0 Å². The minimum Gasteiger partial charge on any atom is -0.328 e. The van der Waals surface area contributed by atoms with Crippen LogP contribution < -0.4 is 5.73 Å². The van der Waals surface area contributed by atoms with Crippen LogP contribution >= 0.6 is 0 Å². The largest absolute Gasteiger partial charge is 0.328 e. The lowest BCUT2D eigenvalue weighted by Crippen LogP contribution is -2.34. The van der Waals surface area contributed by atoms with Crippen molar-refractivity contribution in [1.82, 2.24) is 4.90 Å². The van der Waals surface area contributed by atoms with Crippen molar-refractivity contribution in [3.63, 3.8) is 0 Å². The molecule has 90 valence electrons. The molecule has 0 spiro atoms. The van der Waals surface area contributed by atoms with E-state index in [9.17, 15) is 0 Å². The molecule has 1 aliphatic rings. The van der Waals surface area contributed by atoms with Gasteiger partial charge in [-0.2, -0.15) is 0 Å². The third-order valence-corrected chi connectivity index (χ3v) is 3.11. The second-order valence-electron chi connectivity index (χ2n) is 5.46. The van der Waals surface area contributed by atoms with E-state index in [1.165, 1.54) is 45.2 Å². The van der Waals surface area contributed by atoms with Gasteiger partial charge in [0.2, 0.25) is 0 Å². The molecule has 1 unspecified atom stereocenters. The molecule has 1 aliphatic carbocycles. The fourth-order valence-corrected chi connectivity index (χ4v) is 2.18. The second-order valence-corrected chi connectivity index (χ2v) is 5.46. The van der Waals surface area contributed by atoms with E-state index in [1.54, 1.807) is 0 Å². The van der Waals surface area contributed by atoms with Gasteiger partial charge in [0.25, 0.3) is 0 Å². The molecule has 2 heteroatoms. The maximum Gasteiger partial charge on any atom is 0.00965 e. The zero-order chi connectivity index (χ0) is 11.3. The molecule has 0 heterocycles. The van der Waals surface area contributed by atoms with Crippen LogP contribution in [0, 0.1) is 5.92 Å². The molecule has 15 heavy (non-hydrogen) atoms. The highest BCUT2D eigenvalue weighted by Crippen LogP contribution is 2.27. The lowest BCUT2D eigenvalue weighted by Gasteiger charge is -2.25. The summed E-state index contributed by atoms with van der Waals surface area (Å²) < 4.78 is 0. The first kappa shape index (κ1) is 13.0. The first-order valence-electron chi connectivity index (χ1n) is 6.63. The summed E-state index contributed by atoms with van der Waals surface area (Å²) in [5.74, 6) is 0.785. The molecular weight excluding hydrogens is 184 g/mol. The van der Waals surface area contributed by atoms with E-state index in [-0.39, 0.29) is 0 Å². The average Bonchev–Trinajstić information content (AvgIpc) is 2.95. The summed E-state index contributed by atoms with van der Waals surface area (Å²) in [7, 11) is 0. The first-order valence-corrected chi connectivity index (χ1v) is 6.63. The van der Waals surface area contributed by atoms with Crippen LogP contribution in [0.4, 0.5) is 0 Å². The molecule has 1 fully saturated rings. The summed E-state index contributed by atoms with van der Waals surface area (Å²) >= 11 is 0. The quantitative estimate of drug-likeness (QED) is 0.670. The highest BCUT2D eigenvalue weighted by molar-refractivity contribution is 4.85. The number of hydrogen-bond donors (Lipinski definition) is 1. The van der Waals surface area contributed by atoms with Crippen LogP contribution in [0.1, 0.15) is 52.9 Å². The van der Waals surface area contributed by atoms with Gasteiger partial charge in [0.15, 0.2) is 0 Å². The molecule has 2 N–H and O–H groups in total. The zero-order valence-electron chi connectivity index (χ0n) is 10.7. The molecule has 1 saturated carbocycles. The van der Waals surface area contributed by atoms with Crippen molar-refractivity contribution < 1.29 is 0 Å². The maximum absolute atomic E-state index is 6.06. The Hall–Kier alpha value is -0.0800. The Kier molecular flexibility index (Phi) is 5.62. The Bertz CT molecular complexity index is 164. The van der Waals surface area contributed by atoms with Crippen LogP contribution in [-0.4, -0.2) is 30.1 Å². The van der Waals surface area contributed by atoms with Gasteiger partial charge < -0.3 is 10.6 Å². The van der Waals surface area contributed by atoms with Crippen molar-refractivity contribution >= 4 is 0 Å². The Morgan fingerprint density at radius 2 is 1.93 bits per heavy atom. The van der Waals surface area contributed by atoms with Gasteiger partial charge in [-0.15, -0.1) is 0 Å². The van der Waals surface area contributed by atoms with Crippen LogP contribution in [0.25, 0.3) is 0 Å². The molecule has 0 aliphatic heterocycles.